The van der Waals surface area contributed by atoms with Gasteiger partial charge in [0.2, 0.25) is 0 Å². The number of hydrogen-bond acceptors (Lipinski definition) is 2. The van der Waals surface area contributed by atoms with E-state index in [2.05, 4.69) is 20.3 Å². The quantitative estimate of drug-likeness (QED) is 0.863. The van der Waals surface area contributed by atoms with Crippen LogP contribution in [0.15, 0.2) is 21.2 Å². The van der Waals surface area contributed by atoms with Crippen LogP contribution >= 0.6 is 15.9 Å². The summed E-state index contributed by atoms with van der Waals surface area (Å²) < 4.78 is 29.7. The number of alkyl halides is 2. The lowest BCUT2D eigenvalue weighted by atomic mass is 10.2. The summed E-state index contributed by atoms with van der Waals surface area (Å²) in [7, 11) is 0. The van der Waals surface area contributed by atoms with Crippen molar-refractivity contribution >= 4 is 21.9 Å². The first-order valence-electron chi connectivity index (χ1n) is 2.80. The van der Waals surface area contributed by atoms with E-state index in [1.165, 1.54) is 0 Å². The Morgan fingerprint density at radius 1 is 1.67 bits per heavy atom. The number of carboxylic acid groups (broad SMARTS) is 1. The molecule has 1 heterocycles. The molecule has 1 aromatic heterocycles. The second kappa shape index (κ2) is 2.85. The first-order chi connectivity index (χ1) is 5.44. The minimum absolute atomic E-state index is 0.276. The molecule has 0 aliphatic carbocycles. The number of carbonyl (C=O) groups is 1. The molecular formula is C6H3BrF2O3. The molecule has 0 radical (unpaired) electrons. The number of hydrogen-bond donors (Lipinski definition) is 1. The summed E-state index contributed by atoms with van der Waals surface area (Å²) in [6.07, 6.45) is 0.992. The Balaban J connectivity index is 3.05. The molecule has 12 heavy (non-hydrogen) atoms. The average molecular weight is 241 g/mol. The second-order valence-electron chi connectivity index (χ2n) is 2.01. The van der Waals surface area contributed by atoms with Crippen molar-refractivity contribution in [2.75, 3.05) is 0 Å². The van der Waals surface area contributed by atoms with Crippen molar-refractivity contribution in [1.82, 2.24) is 0 Å². The van der Waals surface area contributed by atoms with E-state index in [0.717, 1.165) is 12.3 Å². The van der Waals surface area contributed by atoms with Crippen molar-refractivity contribution < 1.29 is 23.1 Å². The van der Waals surface area contributed by atoms with Crippen LogP contribution in [0.1, 0.15) is 5.76 Å². The fraction of sp³-hybridized carbons (Fsp3) is 0.167. The number of halogens is 3. The zero-order valence-electron chi connectivity index (χ0n) is 5.55. The van der Waals surface area contributed by atoms with Crippen LogP contribution in [-0.2, 0) is 10.7 Å². The number of aliphatic carboxylic acids is 1. The van der Waals surface area contributed by atoms with E-state index >= 15 is 0 Å². The summed E-state index contributed by atoms with van der Waals surface area (Å²) in [6, 6.07) is 0.911. The molecule has 0 amide bonds. The monoisotopic (exact) mass is 240 g/mol. The molecule has 1 aromatic rings. The van der Waals surface area contributed by atoms with Crippen LogP contribution in [0.3, 0.4) is 0 Å². The van der Waals surface area contributed by atoms with E-state index in [1.807, 2.05) is 0 Å². The van der Waals surface area contributed by atoms with Gasteiger partial charge in [0.15, 0.2) is 5.76 Å². The molecule has 0 unspecified atom stereocenters. The maximum atomic E-state index is 12.6. The van der Waals surface area contributed by atoms with Crippen molar-refractivity contribution in [3.63, 3.8) is 0 Å². The molecular weight excluding hydrogens is 238 g/mol. The highest BCUT2D eigenvalue weighted by atomic mass is 79.9. The molecule has 0 aliphatic rings. The van der Waals surface area contributed by atoms with Crippen molar-refractivity contribution in [3.05, 3.63) is 22.6 Å². The van der Waals surface area contributed by atoms with E-state index < -0.39 is 17.7 Å². The van der Waals surface area contributed by atoms with Crippen LogP contribution in [0.5, 0.6) is 0 Å². The van der Waals surface area contributed by atoms with E-state index in [-0.39, 0.29) is 4.47 Å². The molecule has 0 atom stereocenters. The molecule has 3 nitrogen and oxygen atoms in total. The topological polar surface area (TPSA) is 50.4 Å². The van der Waals surface area contributed by atoms with E-state index in [4.69, 9.17) is 5.11 Å². The predicted octanol–water partition coefficient (Wildman–Crippen LogP) is 2.22. The summed E-state index contributed by atoms with van der Waals surface area (Å²) in [6.45, 7) is 0. The van der Waals surface area contributed by atoms with Crippen LogP contribution < -0.4 is 0 Å². The van der Waals surface area contributed by atoms with Gasteiger partial charge in [-0.15, -0.1) is 0 Å². The molecule has 0 fully saturated rings. The normalized spacial score (nSPS) is 11.6. The molecule has 0 aliphatic heterocycles. The van der Waals surface area contributed by atoms with Crippen LogP contribution in [-0.4, -0.2) is 11.1 Å². The fourth-order valence-electron chi connectivity index (χ4n) is 0.583. The Morgan fingerprint density at radius 2 is 2.25 bits per heavy atom. The zero-order chi connectivity index (χ0) is 9.35. The molecule has 1 rings (SSSR count). The smallest absolute Gasteiger partial charge is 0.399 e. The summed E-state index contributed by atoms with van der Waals surface area (Å²) in [5, 5.41) is 8.08. The van der Waals surface area contributed by atoms with Crippen LogP contribution in [0.2, 0.25) is 0 Å². The highest BCUT2D eigenvalue weighted by Crippen LogP contribution is 2.30. The minimum Gasteiger partial charge on any atom is -0.476 e. The van der Waals surface area contributed by atoms with Gasteiger partial charge in [0.1, 0.15) is 6.26 Å². The maximum Gasteiger partial charge on any atom is 0.399 e. The lowest BCUT2D eigenvalue weighted by Crippen LogP contribution is -2.24. The van der Waals surface area contributed by atoms with Gasteiger partial charge in [-0.25, -0.2) is 4.79 Å². The van der Waals surface area contributed by atoms with Gasteiger partial charge in [-0.05, 0) is 15.9 Å². The Kier molecular flexibility index (Phi) is 2.18. The Morgan fingerprint density at radius 3 is 2.58 bits per heavy atom. The van der Waals surface area contributed by atoms with E-state index in [9.17, 15) is 13.6 Å². The van der Waals surface area contributed by atoms with Gasteiger partial charge in [-0.1, -0.05) is 0 Å². The van der Waals surface area contributed by atoms with E-state index in [0.29, 0.717) is 0 Å². The summed E-state index contributed by atoms with van der Waals surface area (Å²) >= 11 is 2.85. The van der Waals surface area contributed by atoms with Gasteiger partial charge in [0.25, 0.3) is 0 Å². The van der Waals surface area contributed by atoms with Crippen molar-refractivity contribution in [2.24, 2.45) is 0 Å². The first kappa shape index (κ1) is 9.18. The van der Waals surface area contributed by atoms with E-state index in [1.54, 1.807) is 0 Å². The third-order valence-corrected chi connectivity index (χ3v) is 1.56. The highest BCUT2D eigenvalue weighted by Gasteiger charge is 2.44. The standard InChI is InChI=1S/C6H3BrF2O3/c7-3-1-4(12-2-3)6(8,9)5(10)11/h1-2H,(H,10,11). The fourth-order valence-corrected chi connectivity index (χ4v) is 0.884. The molecule has 0 saturated carbocycles. The maximum absolute atomic E-state index is 12.6. The first-order valence-corrected chi connectivity index (χ1v) is 3.59. The van der Waals surface area contributed by atoms with Gasteiger partial charge in [-0.2, -0.15) is 8.78 Å². The zero-order valence-corrected chi connectivity index (χ0v) is 7.14. The second-order valence-corrected chi connectivity index (χ2v) is 2.92. The third-order valence-electron chi connectivity index (χ3n) is 1.15. The SMILES string of the molecule is O=C(O)C(F)(F)c1cc(Br)co1. The minimum atomic E-state index is -3.97. The predicted molar refractivity (Wildman–Crippen MR) is 37.9 cm³/mol. The number of carboxylic acids is 1. The van der Waals surface area contributed by atoms with Crippen LogP contribution in [0, 0.1) is 0 Å². The molecule has 6 heteroatoms. The largest absolute Gasteiger partial charge is 0.476 e. The van der Waals surface area contributed by atoms with Gasteiger partial charge in [0.05, 0.1) is 4.47 Å². The van der Waals surface area contributed by atoms with Gasteiger partial charge < -0.3 is 9.52 Å². The molecule has 0 bridgehead atoms. The Bertz CT molecular complexity index is 307. The molecule has 1 N–H and O–H groups in total. The molecule has 0 spiro atoms. The summed E-state index contributed by atoms with van der Waals surface area (Å²) in [5.41, 5.74) is 0. The Hall–Kier alpha value is -0.910. The van der Waals surface area contributed by atoms with Gasteiger partial charge in [-0.3, -0.25) is 0 Å². The molecule has 66 valence electrons. The van der Waals surface area contributed by atoms with Crippen molar-refractivity contribution in [2.45, 2.75) is 5.92 Å². The molecule has 0 saturated heterocycles. The van der Waals surface area contributed by atoms with Crippen LogP contribution in [0.25, 0.3) is 0 Å². The van der Waals surface area contributed by atoms with Gasteiger partial charge in [0, 0.05) is 6.07 Å². The van der Waals surface area contributed by atoms with Crippen LogP contribution in [0.4, 0.5) is 8.78 Å². The average Bonchev–Trinajstić information content (AvgIpc) is 2.35. The highest BCUT2D eigenvalue weighted by molar-refractivity contribution is 9.10. The summed E-state index contributed by atoms with van der Waals surface area (Å²) in [5.74, 6) is -7.09. The van der Waals surface area contributed by atoms with Gasteiger partial charge >= 0.3 is 11.9 Å². The number of rotatable bonds is 2. The number of furan rings is 1. The van der Waals surface area contributed by atoms with Crippen molar-refractivity contribution in [1.29, 1.82) is 0 Å². The summed E-state index contributed by atoms with van der Waals surface area (Å²) in [4.78, 5) is 10.0. The lowest BCUT2D eigenvalue weighted by molar-refractivity contribution is -0.169. The molecule has 0 aromatic carbocycles. The Labute approximate surface area is 74.1 Å². The third kappa shape index (κ3) is 1.47. The van der Waals surface area contributed by atoms with Crippen molar-refractivity contribution in [3.8, 4) is 0 Å². The lowest BCUT2D eigenvalue weighted by Gasteiger charge is -2.05.